The molecule has 0 aliphatic rings. The lowest BCUT2D eigenvalue weighted by Crippen LogP contribution is -2.58. The Morgan fingerprint density at radius 2 is 0.844 bits per heavy atom. The molecule has 7 atom stereocenters. The number of rotatable bonds is 22. The van der Waals surface area contributed by atoms with Crippen LogP contribution in [0.5, 0.6) is 0 Å². The first-order valence-corrected chi connectivity index (χ1v) is 21.5. The van der Waals surface area contributed by atoms with E-state index in [-0.39, 0.29) is 32.0 Å². The third kappa shape index (κ3) is 16.5. The lowest BCUT2D eigenvalue weighted by molar-refractivity contribution is -0.132. The molecule has 4 rings (SSSR count). The number of aliphatic hydroxyl groups excluding tert-OH is 1. The molecule has 15 nitrogen and oxygen atoms in total. The average molecular weight is 879 g/mol. The molecule has 0 aromatic heterocycles. The number of ether oxygens (including phenoxy) is 2. The minimum atomic E-state index is -1.24. The molecule has 0 saturated carbocycles. The summed E-state index contributed by atoms with van der Waals surface area (Å²) in [5, 5.41) is 28.5. The highest BCUT2D eigenvalue weighted by atomic mass is 16.6. The van der Waals surface area contributed by atoms with E-state index in [1.54, 1.807) is 76.2 Å². The summed E-state index contributed by atoms with van der Waals surface area (Å²) in [7, 11) is 0. The summed E-state index contributed by atoms with van der Waals surface area (Å²) in [5.41, 5.74) is 3.04. The van der Waals surface area contributed by atoms with E-state index in [1.165, 1.54) is 13.8 Å². The summed E-state index contributed by atoms with van der Waals surface area (Å²) in [6, 6.07) is 30.6. The van der Waals surface area contributed by atoms with E-state index in [1.807, 2.05) is 72.8 Å². The molecule has 7 N–H and O–H groups in total. The second-order valence-corrected chi connectivity index (χ2v) is 16.4. The van der Waals surface area contributed by atoms with E-state index < -0.39 is 84.1 Å². The van der Waals surface area contributed by atoms with Gasteiger partial charge in [0, 0.05) is 0 Å². The van der Waals surface area contributed by atoms with Crippen molar-refractivity contribution >= 4 is 35.8 Å². The van der Waals surface area contributed by atoms with Gasteiger partial charge in [-0.15, -0.1) is 0 Å². The van der Waals surface area contributed by atoms with E-state index in [0.717, 1.165) is 16.7 Å². The highest BCUT2D eigenvalue weighted by Crippen LogP contribution is 2.23. The number of nitrogens with one attached hydrogen (secondary N) is 6. The Morgan fingerprint density at radius 1 is 0.469 bits per heavy atom. The second-order valence-electron chi connectivity index (χ2n) is 16.4. The molecule has 0 bridgehead atoms. The molecule has 15 heteroatoms. The van der Waals surface area contributed by atoms with Crippen LogP contribution in [0.25, 0.3) is 0 Å². The monoisotopic (exact) mass is 878 g/mol. The first kappa shape index (κ1) is 49.9. The number of hydrogen-bond donors (Lipinski definition) is 7. The van der Waals surface area contributed by atoms with Crippen molar-refractivity contribution in [3.63, 3.8) is 0 Å². The lowest BCUT2D eigenvalue weighted by Gasteiger charge is -2.32. The van der Waals surface area contributed by atoms with Gasteiger partial charge < -0.3 is 46.5 Å². The smallest absolute Gasteiger partial charge is 0.408 e. The Morgan fingerprint density at radius 3 is 1.25 bits per heavy atom. The Bertz CT molecular complexity index is 2090. The van der Waals surface area contributed by atoms with E-state index in [2.05, 4.69) is 31.9 Å². The van der Waals surface area contributed by atoms with Crippen LogP contribution >= 0.6 is 0 Å². The van der Waals surface area contributed by atoms with Gasteiger partial charge in [-0.1, -0.05) is 149 Å². The molecule has 0 saturated heterocycles. The van der Waals surface area contributed by atoms with Crippen molar-refractivity contribution in [2.45, 2.75) is 110 Å². The summed E-state index contributed by atoms with van der Waals surface area (Å²) >= 11 is 0. The number of amides is 6. The van der Waals surface area contributed by atoms with Gasteiger partial charge in [0.2, 0.25) is 23.6 Å². The maximum atomic E-state index is 14.1. The zero-order valence-corrected chi connectivity index (χ0v) is 37.3. The fourth-order valence-electron chi connectivity index (χ4n) is 6.70. The Labute approximate surface area is 375 Å². The van der Waals surface area contributed by atoms with Crippen LogP contribution in [0.4, 0.5) is 9.59 Å². The van der Waals surface area contributed by atoms with Crippen molar-refractivity contribution in [1.29, 1.82) is 0 Å². The summed E-state index contributed by atoms with van der Waals surface area (Å²) in [5.74, 6) is -3.08. The highest BCUT2D eigenvalue weighted by molar-refractivity contribution is 5.92. The number of benzene rings is 4. The van der Waals surface area contributed by atoms with Crippen molar-refractivity contribution in [2.24, 2.45) is 11.8 Å². The normalized spacial score (nSPS) is 14.3. The fourth-order valence-corrected chi connectivity index (χ4v) is 6.70. The maximum Gasteiger partial charge on any atom is 0.408 e. The largest absolute Gasteiger partial charge is 0.445 e. The molecule has 342 valence electrons. The Hall–Kier alpha value is -6.74. The van der Waals surface area contributed by atoms with E-state index in [4.69, 9.17) is 9.47 Å². The van der Waals surface area contributed by atoms with Crippen LogP contribution in [0.3, 0.4) is 0 Å². The average Bonchev–Trinajstić information content (AvgIpc) is 3.28. The van der Waals surface area contributed by atoms with Crippen molar-refractivity contribution in [1.82, 2.24) is 31.9 Å². The SMILES string of the molecule is CC(C)[C@H](NC(=O)[C@H](C)NC(=O)OCc1ccccc1)C(=O)NC(CC(O)[C@H](Cc1ccccc1)NC(=O)[C@@H](NC(=O)[C@H](C)NC(=O)OCc1ccccc1)C(C)C)c1ccccc1. The van der Waals surface area contributed by atoms with Crippen LogP contribution in [-0.4, -0.2) is 77.2 Å². The number of hydrogen-bond acceptors (Lipinski definition) is 9. The Kier molecular flexibility index (Phi) is 19.8. The number of carbonyl (C=O) groups excluding carboxylic acids is 6. The first-order valence-electron chi connectivity index (χ1n) is 21.5. The summed E-state index contributed by atoms with van der Waals surface area (Å²) in [6.07, 6.45) is -2.68. The first-order chi connectivity index (χ1) is 30.6. The maximum absolute atomic E-state index is 14.1. The van der Waals surface area contributed by atoms with Gasteiger partial charge in [0.25, 0.3) is 0 Å². The lowest BCUT2D eigenvalue weighted by atomic mass is 9.92. The minimum Gasteiger partial charge on any atom is -0.445 e. The predicted molar refractivity (Wildman–Crippen MR) is 242 cm³/mol. The quantitative estimate of drug-likeness (QED) is 0.0550. The molecule has 0 spiro atoms. The van der Waals surface area contributed by atoms with Gasteiger partial charge in [-0.2, -0.15) is 0 Å². The van der Waals surface area contributed by atoms with Gasteiger partial charge in [0.15, 0.2) is 0 Å². The minimum absolute atomic E-state index is 0.0133. The van der Waals surface area contributed by atoms with Crippen molar-refractivity contribution < 1.29 is 43.3 Å². The van der Waals surface area contributed by atoms with Crippen molar-refractivity contribution in [3.8, 4) is 0 Å². The molecule has 0 heterocycles. The topological polar surface area (TPSA) is 213 Å². The van der Waals surface area contributed by atoms with Crippen LogP contribution in [0.2, 0.25) is 0 Å². The molecule has 0 radical (unpaired) electrons. The highest BCUT2D eigenvalue weighted by Gasteiger charge is 2.34. The molecule has 0 aliphatic heterocycles. The van der Waals surface area contributed by atoms with E-state index in [9.17, 15) is 33.9 Å². The number of carbonyl (C=O) groups is 6. The molecule has 64 heavy (non-hydrogen) atoms. The van der Waals surface area contributed by atoms with Gasteiger partial charge in [-0.3, -0.25) is 19.2 Å². The van der Waals surface area contributed by atoms with Crippen molar-refractivity contribution in [3.05, 3.63) is 144 Å². The fraction of sp³-hybridized carbons (Fsp3) is 0.388. The Balaban J connectivity index is 1.45. The van der Waals surface area contributed by atoms with E-state index in [0.29, 0.717) is 5.56 Å². The predicted octanol–water partition coefficient (Wildman–Crippen LogP) is 5.23. The van der Waals surface area contributed by atoms with Crippen LogP contribution in [0.15, 0.2) is 121 Å². The second kappa shape index (κ2) is 25.4. The van der Waals surface area contributed by atoms with Crippen molar-refractivity contribution in [2.75, 3.05) is 0 Å². The zero-order chi connectivity index (χ0) is 46.6. The molecular weight excluding hydrogens is 817 g/mol. The molecule has 2 unspecified atom stereocenters. The van der Waals surface area contributed by atoms with Gasteiger partial charge in [0.05, 0.1) is 18.2 Å². The third-order valence-electron chi connectivity index (χ3n) is 10.5. The van der Waals surface area contributed by atoms with Crippen LogP contribution in [-0.2, 0) is 48.3 Å². The molecule has 4 aromatic carbocycles. The molecule has 0 aliphatic carbocycles. The zero-order valence-electron chi connectivity index (χ0n) is 37.3. The van der Waals surface area contributed by atoms with Gasteiger partial charge in [0.1, 0.15) is 37.4 Å². The van der Waals surface area contributed by atoms with Gasteiger partial charge in [-0.05, 0) is 60.8 Å². The van der Waals surface area contributed by atoms with Gasteiger partial charge >= 0.3 is 12.2 Å². The number of aliphatic hydroxyl groups is 1. The van der Waals surface area contributed by atoms with Crippen LogP contribution in [0, 0.1) is 11.8 Å². The summed E-state index contributed by atoms with van der Waals surface area (Å²) in [4.78, 5) is 79.7. The molecule has 0 fully saturated rings. The van der Waals surface area contributed by atoms with Crippen LogP contribution in [0.1, 0.15) is 76.3 Å². The number of alkyl carbamates (subject to hydrolysis) is 2. The van der Waals surface area contributed by atoms with Gasteiger partial charge in [-0.25, -0.2) is 9.59 Å². The molecule has 6 amide bonds. The third-order valence-corrected chi connectivity index (χ3v) is 10.5. The standard InChI is InChI=1S/C49H62N6O9/c1-31(2)42(54-44(57)33(5)50-48(61)63-29-36-21-13-8-14-22-36)46(59)52-39(38-25-17-10-18-26-38)28-41(56)40(27-35-19-11-7-12-20-35)53-47(60)43(32(3)4)55-45(58)34(6)51-49(62)64-30-37-23-15-9-16-24-37/h7-26,31-34,39-43,56H,27-30H2,1-6H3,(H,50,61)(H,51,62)(H,52,59)(H,53,60)(H,54,57)(H,55,58)/t33-,34-,39?,40-,41?,42-,43-/m0/s1. The summed E-state index contributed by atoms with van der Waals surface area (Å²) in [6.45, 7) is 10.1. The summed E-state index contributed by atoms with van der Waals surface area (Å²) < 4.78 is 10.5. The molecule has 4 aromatic rings. The van der Waals surface area contributed by atoms with E-state index >= 15 is 0 Å². The molecular formula is C49H62N6O9. The van der Waals surface area contributed by atoms with Crippen LogP contribution < -0.4 is 31.9 Å².